The largest absolute Gasteiger partial charge is 0.369 e. The van der Waals surface area contributed by atoms with E-state index in [1.54, 1.807) is 6.07 Å². The molecule has 0 spiro atoms. The zero-order valence-electron chi connectivity index (χ0n) is 10.1. The van der Waals surface area contributed by atoms with E-state index >= 15 is 0 Å². The van der Waals surface area contributed by atoms with E-state index in [-0.39, 0.29) is 12.2 Å². The van der Waals surface area contributed by atoms with Gasteiger partial charge in [-0.05, 0) is 35.7 Å². The number of hydrogen-bond donors (Lipinski definition) is 1. The molecule has 0 unspecified atom stereocenters. The highest BCUT2D eigenvalue weighted by atomic mass is 19.1. The van der Waals surface area contributed by atoms with Gasteiger partial charge in [0.05, 0.1) is 6.42 Å². The van der Waals surface area contributed by atoms with E-state index in [4.69, 9.17) is 5.73 Å². The molecule has 2 aromatic rings. The van der Waals surface area contributed by atoms with Gasteiger partial charge >= 0.3 is 0 Å². The number of rotatable bonds is 3. The van der Waals surface area contributed by atoms with Crippen LogP contribution in [-0.4, -0.2) is 5.91 Å². The molecular weight excluding hydrogens is 229 g/mol. The summed E-state index contributed by atoms with van der Waals surface area (Å²) >= 11 is 0. The third kappa shape index (κ3) is 2.74. The maximum absolute atomic E-state index is 13.3. The highest BCUT2D eigenvalue weighted by molar-refractivity contribution is 5.80. The molecule has 0 atom stereocenters. The van der Waals surface area contributed by atoms with Crippen molar-refractivity contribution in [3.63, 3.8) is 0 Å². The van der Waals surface area contributed by atoms with Crippen LogP contribution in [0.1, 0.15) is 11.1 Å². The fourth-order valence-corrected chi connectivity index (χ4v) is 1.96. The maximum atomic E-state index is 13.3. The first kappa shape index (κ1) is 12.3. The number of amides is 1. The summed E-state index contributed by atoms with van der Waals surface area (Å²) in [4.78, 5) is 11.1. The summed E-state index contributed by atoms with van der Waals surface area (Å²) in [5.74, 6) is -0.685. The van der Waals surface area contributed by atoms with Crippen LogP contribution in [0.15, 0.2) is 42.5 Å². The standard InChI is InChI=1S/C15H14FNO/c1-10-5-6-12(9-15(17)18)14(7-10)11-3-2-4-13(16)8-11/h2-8H,9H2,1H3,(H2,17,18). The van der Waals surface area contributed by atoms with Crippen LogP contribution in [0.5, 0.6) is 0 Å². The lowest BCUT2D eigenvalue weighted by Crippen LogP contribution is -2.14. The van der Waals surface area contributed by atoms with Crippen molar-refractivity contribution in [1.29, 1.82) is 0 Å². The second-order valence-corrected chi connectivity index (χ2v) is 4.31. The number of nitrogens with two attached hydrogens (primary N) is 1. The fraction of sp³-hybridized carbons (Fsp3) is 0.133. The molecule has 0 radical (unpaired) electrons. The summed E-state index contributed by atoms with van der Waals surface area (Å²) in [5.41, 5.74) is 8.72. The van der Waals surface area contributed by atoms with E-state index in [1.807, 2.05) is 31.2 Å². The van der Waals surface area contributed by atoms with Gasteiger partial charge in [-0.25, -0.2) is 4.39 Å². The summed E-state index contributed by atoms with van der Waals surface area (Å²) < 4.78 is 13.3. The summed E-state index contributed by atoms with van der Waals surface area (Å²) in [6.45, 7) is 1.96. The van der Waals surface area contributed by atoms with Crippen LogP contribution in [0, 0.1) is 12.7 Å². The van der Waals surface area contributed by atoms with E-state index in [2.05, 4.69) is 0 Å². The molecule has 2 nitrogen and oxygen atoms in total. The SMILES string of the molecule is Cc1ccc(CC(N)=O)c(-c2cccc(F)c2)c1. The van der Waals surface area contributed by atoms with Crippen LogP contribution >= 0.6 is 0 Å². The van der Waals surface area contributed by atoms with Crippen molar-refractivity contribution in [2.75, 3.05) is 0 Å². The van der Waals surface area contributed by atoms with E-state index in [9.17, 15) is 9.18 Å². The molecule has 0 aliphatic carbocycles. The quantitative estimate of drug-likeness (QED) is 0.885. The summed E-state index contributed by atoms with van der Waals surface area (Å²) in [6.07, 6.45) is 0.159. The second kappa shape index (κ2) is 5.00. The average Bonchev–Trinajstić information content (AvgIpc) is 2.31. The number of halogens is 1. The van der Waals surface area contributed by atoms with Crippen molar-refractivity contribution in [2.45, 2.75) is 13.3 Å². The van der Waals surface area contributed by atoms with Gasteiger partial charge in [-0.2, -0.15) is 0 Å². The Labute approximate surface area is 105 Å². The van der Waals surface area contributed by atoms with Gasteiger partial charge in [0.25, 0.3) is 0 Å². The summed E-state index contributed by atoms with van der Waals surface area (Å²) in [5, 5.41) is 0. The number of aryl methyl sites for hydroxylation is 1. The Bertz CT molecular complexity index is 593. The molecule has 0 heterocycles. The first-order chi connectivity index (χ1) is 8.56. The van der Waals surface area contributed by atoms with Crippen molar-refractivity contribution in [1.82, 2.24) is 0 Å². The Kier molecular flexibility index (Phi) is 3.42. The molecule has 2 rings (SSSR count). The van der Waals surface area contributed by atoms with Gasteiger partial charge in [0.15, 0.2) is 0 Å². The van der Waals surface area contributed by atoms with Crippen LogP contribution in [-0.2, 0) is 11.2 Å². The van der Waals surface area contributed by atoms with Crippen LogP contribution < -0.4 is 5.73 Å². The third-order valence-corrected chi connectivity index (χ3v) is 2.77. The highest BCUT2D eigenvalue weighted by Crippen LogP contribution is 2.26. The van der Waals surface area contributed by atoms with Gasteiger partial charge in [0, 0.05) is 0 Å². The Balaban J connectivity index is 2.54. The minimum Gasteiger partial charge on any atom is -0.369 e. The first-order valence-electron chi connectivity index (χ1n) is 5.70. The monoisotopic (exact) mass is 243 g/mol. The number of benzene rings is 2. The number of carbonyl (C=O) groups is 1. The Hall–Kier alpha value is -2.16. The first-order valence-corrected chi connectivity index (χ1v) is 5.70. The average molecular weight is 243 g/mol. The molecule has 1 amide bonds. The van der Waals surface area contributed by atoms with Crippen molar-refractivity contribution < 1.29 is 9.18 Å². The smallest absolute Gasteiger partial charge is 0.221 e. The Morgan fingerprint density at radius 1 is 1.22 bits per heavy atom. The maximum Gasteiger partial charge on any atom is 0.221 e. The lowest BCUT2D eigenvalue weighted by molar-refractivity contribution is -0.117. The van der Waals surface area contributed by atoms with Crippen molar-refractivity contribution in [3.8, 4) is 11.1 Å². The van der Waals surface area contributed by atoms with E-state index in [0.29, 0.717) is 0 Å². The molecular formula is C15H14FNO. The Morgan fingerprint density at radius 3 is 2.67 bits per heavy atom. The summed E-state index contributed by atoms with van der Waals surface area (Å²) in [6, 6.07) is 12.0. The molecule has 0 aromatic heterocycles. The molecule has 18 heavy (non-hydrogen) atoms. The lowest BCUT2D eigenvalue weighted by Gasteiger charge is -2.10. The normalized spacial score (nSPS) is 10.3. The predicted molar refractivity (Wildman–Crippen MR) is 69.5 cm³/mol. The van der Waals surface area contributed by atoms with Crippen molar-refractivity contribution >= 4 is 5.91 Å². The number of primary amides is 1. The van der Waals surface area contributed by atoms with Gasteiger partial charge in [0.2, 0.25) is 5.91 Å². The van der Waals surface area contributed by atoms with Crippen molar-refractivity contribution in [3.05, 3.63) is 59.4 Å². The van der Waals surface area contributed by atoms with Gasteiger partial charge in [-0.3, -0.25) is 4.79 Å². The van der Waals surface area contributed by atoms with E-state index in [0.717, 1.165) is 22.3 Å². The molecule has 0 aliphatic heterocycles. The molecule has 0 aliphatic rings. The molecule has 0 saturated heterocycles. The zero-order valence-corrected chi connectivity index (χ0v) is 10.1. The van der Waals surface area contributed by atoms with Crippen LogP contribution in [0.25, 0.3) is 11.1 Å². The zero-order chi connectivity index (χ0) is 13.1. The molecule has 2 N–H and O–H groups in total. The number of hydrogen-bond acceptors (Lipinski definition) is 1. The van der Waals surface area contributed by atoms with Gasteiger partial charge in [0.1, 0.15) is 5.82 Å². The fourth-order valence-electron chi connectivity index (χ4n) is 1.96. The molecule has 92 valence electrons. The predicted octanol–water partition coefficient (Wildman–Crippen LogP) is 2.83. The van der Waals surface area contributed by atoms with Gasteiger partial charge < -0.3 is 5.73 Å². The minimum atomic E-state index is -0.392. The molecule has 0 fully saturated rings. The van der Waals surface area contributed by atoms with Crippen LogP contribution in [0.2, 0.25) is 0 Å². The Morgan fingerprint density at radius 2 is 2.00 bits per heavy atom. The molecule has 3 heteroatoms. The highest BCUT2D eigenvalue weighted by Gasteiger charge is 2.08. The van der Waals surface area contributed by atoms with E-state index < -0.39 is 5.91 Å². The third-order valence-electron chi connectivity index (χ3n) is 2.77. The van der Waals surface area contributed by atoms with Crippen LogP contribution in [0.3, 0.4) is 0 Å². The molecule has 0 bridgehead atoms. The number of carbonyl (C=O) groups excluding carboxylic acids is 1. The molecule has 2 aromatic carbocycles. The van der Waals surface area contributed by atoms with Gasteiger partial charge in [-0.1, -0.05) is 35.9 Å². The van der Waals surface area contributed by atoms with Crippen molar-refractivity contribution in [2.24, 2.45) is 5.73 Å². The van der Waals surface area contributed by atoms with Crippen LogP contribution in [0.4, 0.5) is 4.39 Å². The van der Waals surface area contributed by atoms with E-state index in [1.165, 1.54) is 12.1 Å². The second-order valence-electron chi connectivity index (χ2n) is 4.31. The molecule has 0 saturated carbocycles. The summed E-state index contributed by atoms with van der Waals surface area (Å²) in [7, 11) is 0. The topological polar surface area (TPSA) is 43.1 Å². The lowest BCUT2D eigenvalue weighted by atomic mass is 9.95. The minimum absolute atomic E-state index is 0.159. The van der Waals surface area contributed by atoms with Gasteiger partial charge in [-0.15, -0.1) is 0 Å².